The molecule has 0 spiro atoms. The minimum atomic E-state index is -0.636. The molecule has 0 unspecified atom stereocenters. The van der Waals surface area contributed by atoms with E-state index in [2.05, 4.69) is 9.97 Å². The lowest BCUT2D eigenvalue weighted by atomic mass is 9.95. The lowest BCUT2D eigenvalue weighted by Gasteiger charge is -2.16. The summed E-state index contributed by atoms with van der Waals surface area (Å²) in [6, 6.07) is 0. The molecule has 0 radical (unpaired) electrons. The molecule has 1 heterocycles. The number of carbonyl (C=O) groups excluding carboxylic acids is 1. The van der Waals surface area contributed by atoms with Gasteiger partial charge in [0.25, 0.3) is 5.91 Å². The average Bonchev–Trinajstić information content (AvgIpc) is 2.02. The average molecular weight is 214 g/mol. The lowest BCUT2D eigenvalue weighted by molar-refractivity contribution is 0.0995. The Labute approximate surface area is 87.5 Å². The molecular formula is C9H12ClN3O. The lowest BCUT2D eigenvalue weighted by Crippen LogP contribution is -2.21. The summed E-state index contributed by atoms with van der Waals surface area (Å²) in [6.07, 6.45) is 1.40. The molecular weight excluding hydrogens is 202 g/mol. The summed E-state index contributed by atoms with van der Waals surface area (Å²) in [5.74, 6) is -0.0846. The molecule has 0 saturated heterocycles. The standard InChI is InChI=1S/C9H12ClN3O/c1-9(2,3)8-12-4-5(10)6(13-8)7(11)14/h4H,1-3H3,(H2,11,14). The number of aromatic nitrogens is 2. The summed E-state index contributed by atoms with van der Waals surface area (Å²) in [6.45, 7) is 5.84. The maximum Gasteiger partial charge on any atom is 0.268 e. The zero-order valence-electron chi connectivity index (χ0n) is 8.34. The van der Waals surface area contributed by atoms with E-state index >= 15 is 0 Å². The zero-order chi connectivity index (χ0) is 10.9. The van der Waals surface area contributed by atoms with Gasteiger partial charge in [-0.1, -0.05) is 32.4 Å². The van der Waals surface area contributed by atoms with Gasteiger partial charge in [-0.2, -0.15) is 0 Å². The van der Waals surface area contributed by atoms with Gasteiger partial charge in [0.1, 0.15) is 11.5 Å². The van der Waals surface area contributed by atoms with Gasteiger partial charge in [-0.3, -0.25) is 4.79 Å². The second-order valence-electron chi connectivity index (χ2n) is 4.00. The Morgan fingerprint density at radius 2 is 2.07 bits per heavy atom. The topological polar surface area (TPSA) is 68.9 Å². The molecule has 4 nitrogen and oxygen atoms in total. The summed E-state index contributed by atoms with van der Waals surface area (Å²) in [5, 5.41) is 0.186. The molecule has 1 amide bonds. The first-order chi connectivity index (χ1) is 6.32. The highest BCUT2D eigenvalue weighted by molar-refractivity contribution is 6.33. The van der Waals surface area contributed by atoms with Gasteiger partial charge in [-0.15, -0.1) is 0 Å². The van der Waals surface area contributed by atoms with Crippen LogP contribution in [0.4, 0.5) is 0 Å². The van der Waals surface area contributed by atoms with Crippen LogP contribution in [0.2, 0.25) is 5.02 Å². The van der Waals surface area contributed by atoms with E-state index in [9.17, 15) is 4.79 Å². The Balaban J connectivity index is 3.27. The van der Waals surface area contributed by atoms with Crippen LogP contribution < -0.4 is 5.73 Å². The van der Waals surface area contributed by atoms with E-state index < -0.39 is 5.91 Å². The van der Waals surface area contributed by atoms with Crippen molar-refractivity contribution in [2.24, 2.45) is 5.73 Å². The largest absolute Gasteiger partial charge is 0.364 e. The quantitative estimate of drug-likeness (QED) is 0.769. The van der Waals surface area contributed by atoms with Crippen LogP contribution in [0.15, 0.2) is 6.20 Å². The van der Waals surface area contributed by atoms with Crippen LogP contribution >= 0.6 is 11.6 Å². The Kier molecular flexibility index (Phi) is 2.76. The van der Waals surface area contributed by atoms with Crippen LogP contribution in [0, 0.1) is 0 Å². The van der Waals surface area contributed by atoms with Crippen molar-refractivity contribution in [3.8, 4) is 0 Å². The van der Waals surface area contributed by atoms with Gasteiger partial charge in [0, 0.05) is 5.41 Å². The fourth-order valence-corrected chi connectivity index (χ4v) is 1.09. The van der Waals surface area contributed by atoms with Crippen molar-refractivity contribution in [1.29, 1.82) is 0 Å². The van der Waals surface area contributed by atoms with E-state index in [-0.39, 0.29) is 16.1 Å². The maximum absolute atomic E-state index is 10.9. The predicted molar refractivity (Wildman–Crippen MR) is 54.3 cm³/mol. The van der Waals surface area contributed by atoms with Crippen molar-refractivity contribution >= 4 is 17.5 Å². The number of carbonyl (C=O) groups is 1. The first kappa shape index (κ1) is 10.9. The van der Waals surface area contributed by atoms with Crippen molar-refractivity contribution in [1.82, 2.24) is 9.97 Å². The Bertz CT molecular complexity index is 371. The second kappa shape index (κ2) is 3.53. The van der Waals surface area contributed by atoms with E-state index in [0.29, 0.717) is 5.82 Å². The number of halogens is 1. The number of hydrogen-bond acceptors (Lipinski definition) is 3. The third kappa shape index (κ3) is 2.20. The number of amides is 1. The zero-order valence-corrected chi connectivity index (χ0v) is 9.09. The van der Waals surface area contributed by atoms with Crippen LogP contribution in [-0.2, 0) is 5.41 Å². The highest BCUT2D eigenvalue weighted by Crippen LogP contribution is 2.20. The highest BCUT2D eigenvalue weighted by Gasteiger charge is 2.20. The number of nitrogens with two attached hydrogens (primary N) is 1. The van der Waals surface area contributed by atoms with Gasteiger partial charge in [0.2, 0.25) is 0 Å². The molecule has 0 aromatic carbocycles. The minimum Gasteiger partial charge on any atom is -0.364 e. The number of hydrogen-bond donors (Lipinski definition) is 1. The predicted octanol–water partition coefficient (Wildman–Crippen LogP) is 1.53. The number of nitrogens with zero attached hydrogens (tertiary/aromatic N) is 2. The molecule has 0 bridgehead atoms. The van der Waals surface area contributed by atoms with Gasteiger partial charge in [0.05, 0.1) is 11.2 Å². The minimum absolute atomic E-state index is 0.0755. The van der Waals surface area contributed by atoms with Gasteiger partial charge >= 0.3 is 0 Å². The van der Waals surface area contributed by atoms with Crippen molar-refractivity contribution in [3.63, 3.8) is 0 Å². The van der Waals surface area contributed by atoms with Crippen LogP contribution in [0.5, 0.6) is 0 Å². The normalized spacial score (nSPS) is 11.4. The molecule has 0 aliphatic heterocycles. The first-order valence-electron chi connectivity index (χ1n) is 4.15. The Morgan fingerprint density at radius 3 is 2.50 bits per heavy atom. The van der Waals surface area contributed by atoms with Crippen LogP contribution in [0.3, 0.4) is 0 Å². The smallest absolute Gasteiger partial charge is 0.268 e. The Hall–Kier alpha value is -1.16. The Morgan fingerprint density at radius 1 is 1.50 bits per heavy atom. The molecule has 2 N–H and O–H groups in total. The summed E-state index contributed by atoms with van der Waals surface area (Å²) in [7, 11) is 0. The molecule has 5 heteroatoms. The molecule has 1 rings (SSSR count). The van der Waals surface area contributed by atoms with E-state index in [1.165, 1.54) is 6.20 Å². The number of primary amides is 1. The van der Waals surface area contributed by atoms with Gasteiger partial charge in [-0.25, -0.2) is 9.97 Å². The second-order valence-corrected chi connectivity index (χ2v) is 4.41. The molecule has 14 heavy (non-hydrogen) atoms. The van der Waals surface area contributed by atoms with E-state index in [0.717, 1.165) is 0 Å². The SMILES string of the molecule is CC(C)(C)c1ncc(Cl)c(C(N)=O)n1. The number of rotatable bonds is 1. The fraction of sp³-hybridized carbons (Fsp3) is 0.444. The van der Waals surface area contributed by atoms with Crippen LogP contribution in [0.1, 0.15) is 37.1 Å². The van der Waals surface area contributed by atoms with Crippen molar-refractivity contribution < 1.29 is 4.79 Å². The monoisotopic (exact) mass is 213 g/mol. The molecule has 1 aromatic rings. The molecule has 0 atom stereocenters. The molecule has 0 aliphatic carbocycles. The molecule has 76 valence electrons. The summed E-state index contributed by atoms with van der Waals surface area (Å²) in [4.78, 5) is 19.0. The molecule has 1 aromatic heterocycles. The summed E-state index contributed by atoms with van der Waals surface area (Å²) in [5.41, 5.74) is 4.96. The third-order valence-corrected chi connectivity index (χ3v) is 1.92. The third-order valence-electron chi connectivity index (χ3n) is 1.65. The molecule has 0 saturated carbocycles. The van der Waals surface area contributed by atoms with Crippen LogP contribution in [-0.4, -0.2) is 15.9 Å². The maximum atomic E-state index is 10.9. The van der Waals surface area contributed by atoms with Gasteiger partial charge in [0.15, 0.2) is 0 Å². The highest BCUT2D eigenvalue weighted by atomic mass is 35.5. The van der Waals surface area contributed by atoms with E-state index in [1.54, 1.807) is 0 Å². The van der Waals surface area contributed by atoms with Crippen molar-refractivity contribution in [2.45, 2.75) is 26.2 Å². The summed E-state index contributed by atoms with van der Waals surface area (Å²) < 4.78 is 0. The summed E-state index contributed by atoms with van der Waals surface area (Å²) >= 11 is 5.72. The molecule has 0 fully saturated rings. The van der Waals surface area contributed by atoms with Crippen molar-refractivity contribution in [3.05, 3.63) is 22.7 Å². The van der Waals surface area contributed by atoms with E-state index in [4.69, 9.17) is 17.3 Å². The van der Waals surface area contributed by atoms with Crippen molar-refractivity contribution in [2.75, 3.05) is 0 Å². The van der Waals surface area contributed by atoms with Crippen LogP contribution in [0.25, 0.3) is 0 Å². The first-order valence-corrected chi connectivity index (χ1v) is 4.53. The van der Waals surface area contributed by atoms with Gasteiger partial charge < -0.3 is 5.73 Å². The van der Waals surface area contributed by atoms with Gasteiger partial charge in [-0.05, 0) is 0 Å². The fourth-order valence-electron chi connectivity index (χ4n) is 0.901. The molecule has 0 aliphatic rings. The van der Waals surface area contributed by atoms with E-state index in [1.807, 2.05) is 20.8 Å².